The minimum Gasteiger partial charge on any atom is -0.356 e. The number of carbonyl (C=O) groups excluding carboxylic acids is 1. The standard InChI is InChI=1S/C26H28N6O/c1-16(2)32-17(3)25(33)31(4)23-9-8-19(14-24(23)32)29-26-28-13-11-22(30-26)21-7-5-6-18-15-27-12-10-20(18)21/h5-9,11,13-17H,10,12H2,1-4H3,(H,28,29,30)/t17-/m1/s1. The van der Waals surface area contributed by atoms with E-state index >= 15 is 0 Å². The average Bonchev–Trinajstić information content (AvgIpc) is 2.82. The fourth-order valence-corrected chi connectivity index (χ4v) is 4.83. The van der Waals surface area contributed by atoms with Gasteiger partial charge in [0.05, 0.1) is 17.1 Å². The number of likely N-dealkylation sites (N-methyl/N-ethyl adjacent to an activating group) is 1. The van der Waals surface area contributed by atoms with Crippen LogP contribution in [0.25, 0.3) is 11.3 Å². The summed E-state index contributed by atoms with van der Waals surface area (Å²) >= 11 is 0. The minimum atomic E-state index is -0.217. The third-order valence-corrected chi connectivity index (χ3v) is 6.40. The maximum absolute atomic E-state index is 12.7. The number of amides is 1. The molecule has 0 unspecified atom stereocenters. The van der Waals surface area contributed by atoms with Crippen LogP contribution in [0.4, 0.5) is 23.0 Å². The first-order chi connectivity index (χ1) is 15.9. The molecule has 0 saturated heterocycles. The van der Waals surface area contributed by atoms with E-state index in [1.807, 2.05) is 44.5 Å². The van der Waals surface area contributed by atoms with Crippen molar-refractivity contribution in [3.05, 3.63) is 59.8 Å². The molecule has 2 aliphatic heterocycles. The summed E-state index contributed by atoms with van der Waals surface area (Å²) in [6.45, 7) is 6.98. The van der Waals surface area contributed by atoms with Gasteiger partial charge < -0.3 is 15.1 Å². The average molecular weight is 441 g/mol. The molecule has 2 aromatic carbocycles. The van der Waals surface area contributed by atoms with Crippen LogP contribution in [0.3, 0.4) is 0 Å². The number of nitrogens with one attached hydrogen (secondary N) is 1. The van der Waals surface area contributed by atoms with Gasteiger partial charge in [0, 0.05) is 43.3 Å². The van der Waals surface area contributed by atoms with Gasteiger partial charge in [-0.15, -0.1) is 0 Å². The summed E-state index contributed by atoms with van der Waals surface area (Å²) < 4.78 is 0. The van der Waals surface area contributed by atoms with Gasteiger partial charge in [-0.25, -0.2) is 9.97 Å². The van der Waals surface area contributed by atoms with Gasteiger partial charge in [0.15, 0.2) is 0 Å². The van der Waals surface area contributed by atoms with Crippen molar-refractivity contribution in [1.82, 2.24) is 9.97 Å². The summed E-state index contributed by atoms with van der Waals surface area (Å²) in [7, 11) is 1.83. The molecule has 0 spiro atoms. The van der Waals surface area contributed by atoms with E-state index in [-0.39, 0.29) is 18.0 Å². The van der Waals surface area contributed by atoms with Crippen molar-refractivity contribution in [2.24, 2.45) is 4.99 Å². The Kier molecular flexibility index (Phi) is 5.32. The smallest absolute Gasteiger partial charge is 0.249 e. The number of rotatable bonds is 4. The van der Waals surface area contributed by atoms with Crippen LogP contribution in [0.5, 0.6) is 0 Å². The van der Waals surface area contributed by atoms with Gasteiger partial charge in [-0.3, -0.25) is 9.79 Å². The minimum absolute atomic E-state index is 0.101. The summed E-state index contributed by atoms with van der Waals surface area (Å²) in [4.78, 5) is 30.3. The molecule has 168 valence electrons. The van der Waals surface area contributed by atoms with Crippen molar-refractivity contribution in [2.45, 2.75) is 39.3 Å². The van der Waals surface area contributed by atoms with Crippen molar-refractivity contribution >= 4 is 35.1 Å². The highest BCUT2D eigenvalue weighted by Crippen LogP contribution is 2.39. The molecule has 7 nitrogen and oxygen atoms in total. The molecule has 1 atom stereocenters. The second-order valence-electron chi connectivity index (χ2n) is 8.83. The Labute approximate surface area is 194 Å². The van der Waals surface area contributed by atoms with Crippen molar-refractivity contribution in [3.8, 4) is 11.3 Å². The highest BCUT2D eigenvalue weighted by Gasteiger charge is 2.35. The fraction of sp³-hybridized carbons (Fsp3) is 0.308. The first kappa shape index (κ1) is 21.1. The normalized spacial score (nSPS) is 17.2. The second-order valence-corrected chi connectivity index (χ2v) is 8.83. The van der Waals surface area contributed by atoms with Crippen molar-refractivity contribution < 1.29 is 4.79 Å². The van der Waals surface area contributed by atoms with E-state index in [2.05, 4.69) is 52.2 Å². The Bertz CT molecular complexity index is 1250. The lowest BCUT2D eigenvalue weighted by Crippen LogP contribution is -2.53. The maximum Gasteiger partial charge on any atom is 0.249 e. The number of carbonyl (C=O) groups is 1. The van der Waals surface area contributed by atoms with Crippen LogP contribution in [0, 0.1) is 0 Å². The molecule has 5 rings (SSSR count). The van der Waals surface area contributed by atoms with Crippen molar-refractivity contribution in [3.63, 3.8) is 0 Å². The van der Waals surface area contributed by atoms with Crippen molar-refractivity contribution in [2.75, 3.05) is 28.7 Å². The van der Waals surface area contributed by atoms with Crippen molar-refractivity contribution in [1.29, 1.82) is 0 Å². The molecule has 1 aromatic heterocycles. The zero-order valence-corrected chi connectivity index (χ0v) is 19.4. The molecule has 0 radical (unpaired) electrons. The summed E-state index contributed by atoms with van der Waals surface area (Å²) in [5, 5.41) is 3.37. The van der Waals surface area contributed by atoms with Crippen LogP contribution in [0.2, 0.25) is 0 Å². The Balaban J connectivity index is 1.48. The molecule has 1 amide bonds. The predicted octanol–water partition coefficient (Wildman–Crippen LogP) is 4.44. The molecule has 3 aromatic rings. The lowest BCUT2D eigenvalue weighted by molar-refractivity contribution is -0.119. The molecule has 3 heterocycles. The molecule has 7 heteroatoms. The lowest BCUT2D eigenvalue weighted by atomic mass is 9.95. The Hall–Kier alpha value is -3.74. The molecule has 1 N–H and O–H groups in total. The largest absolute Gasteiger partial charge is 0.356 e. The van der Waals surface area contributed by atoms with Gasteiger partial charge in [-0.2, -0.15) is 0 Å². The highest BCUT2D eigenvalue weighted by molar-refractivity contribution is 6.05. The van der Waals surface area contributed by atoms with Gasteiger partial charge in [0.25, 0.3) is 0 Å². The predicted molar refractivity (Wildman–Crippen MR) is 134 cm³/mol. The zero-order chi connectivity index (χ0) is 23.1. The molecular weight excluding hydrogens is 412 g/mol. The van der Waals surface area contributed by atoms with Crippen LogP contribution < -0.4 is 15.1 Å². The van der Waals surface area contributed by atoms with E-state index < -0.39 is 0 Å². The SMILES string of the molecule is CC(C)N1c2cc(Nc3nccc(-c4cccc5c4CCN=C5)n3)ccc2N(C)C(=O)[C@H]1C. The van der Waals surface area contributed by atoms with E-state index in [9.17, 15) is 4.79 Å². The number of aromatic nitrogens is 2. The highest BCUT2D eigenvalue weighted by atomic mass is 16.2. The number of benzene rings is 2. The first-order valence-corrected chi connectivity index (χ1v) is 11.4. The van der Waals surface area contributed by atoms with Gasteiger partial charge in [0.2, 0.25) is 11.9 Å². The Morgan fingerprint density at radius 1 is 1.12 bits per heavy atom. The van der Waals surface area contributed by atoms with E-state index in [0.717, 1.165) is 46.8 Å². The summed E-state index contributed by atoms with van der Waals surface area (Å²) in [6, 6.07) is 14.2. The molecule has 2 aliphatic rings. The molecule has 0 saturated carbocycles. The number of anilines is 4. The number of hydrogen-bond donors (Lipinski definition) is 1. The molecule has 0 aliphatic carbocycles. The molecule has 0 bridgehead atoms. The van der Waals surface area contributed by atoms with Crippen LogP contribution in [-0.2, 0) is 11.2 Å². The quantitative estimate of drug-likeness (QED) is 0.649. The van der Waals surface area contributed by atoms with Crippen LogP contribution in [-0.4, -0.2) is 47.8 Å². The maximum atomic E-state index is 12.7. The number of fused-ring (bicyclic) bond motifs is 2. The molecular formula is C26H28N6O. The third-order valence-electron chi connectivity index (χ3n) is 6.40. The zero-order valence-electron chi connectivity index (χ0n) is 19.4. The van der Waals surface area contributed by atoms with Crippen LogP contribution in [0.15, 0.2) is 53.7 Å². The van der Waals surface area contributed by atoms with Gasteiger partial charge >= 0.3 is 0 Å². The second kappa shape index (κ2) is 8.31. The van der Waals surface area contributed by atoms with Crippen LogP contribution in [0.1, 0.15) is 31.9 Å². The van der Waals surface area contributed by atoms with E-state index in [4.69, 9.17) is 4.98 Å². The van der Waals surface area contributed by atoms with E-state index in [1.165, 1.54) is 5.56 Å². The topological polar surface area (TPSA) is 73.7 Å². The molecule has 0 fully saturated rings. The lowest BCUT2D eigenvalue weighted by Gasteiger charge is -2.42. The summed E-state index contributed by atoms with van der Waals surface area (Å²) in [6.07, 6.45) is 4.64. The molecule has 33 heavy (non-hydrogen) atoms. The first-order valence-electron chi connectivity index (χ1n) is 11.4. The summed E-state index contributed by atoms with van der Waals surface area (Å²) in [5.74, 6) is 0.642. The monoisotopic (exact) mass is 440 g/mol. The Morgan fingerprint density at radius 3 is 2.79 bits per heavy atom. The van der Waals surface area contributed by atoms with Gasteiger partial charge in [0.1, 0.15) is 6.04 Å². The van der Waals surface area contributed by atoms with Gasteiger partial charge in [-0.05, 0) is 62.6 Å². The summed E-state index contributed by atoms with van der Waals surface area (Å²) in [5.41, 5.74) is 7.26. The van der Waals surface area contributed by atoms with E-state index in [0.29, 0.717) is 5.95 Å². The van der Waals surface area contributed by atoms with Crippen LogP contribution >= 0.6 is 0 Å². The number of nitrogens with zero attached hydrogens (tertiary/aromatic N) is 5. The fourth-order valence-electron chi connectivity index (χ4n) is 4.83. The third kappa shape index (κ3) is 3.73. The number of hydrogen-bond acceptors (Lipinski definition) is 6. The number of aliphatic imine (C=N–C) groups is 1. The Morgan fingerprint density at radius 2 is 1.97 bits per heavy atom. The van der Waals surface area contributed by atoms with Gasteiger partial charge in [-0.1, -0.05) is 18.2 Å². The van der Waals surface area contributed by atoms with E-state index in [1.54, 1.807) is 11.1 Å².